The highest BCUT2D eigenvalue weighted by atomic mass is 35.5. The van der Waals surface area contributed by atoms with E-state index in [9.17, 15) is 4.79 Å². The van der Waals surface area contributed by atoms with E-state index in [1.54, 1.807) is 0 Å². The summed E-state index contributed by atoms with van der Waals surface area (Å²) < 4.78 is 6.09. The van der Waals surface area contributed by atoms with E-state index in [0.717, 1.165) is 92.1 Å². The maximum Gasteiger partial charge on any atom is 0.328 e. The average Bonchev–Trinajstić information content (AvgIpc) is 3.63. The van der Waals surface area contributed by atoms with Gasteiger partial charge in [-0.2, -0.15) is 0 Å². The largest absolute Gasteiger partial charge is 0.454 e. The van der Waals surface area contributed by atoms with E-state index in [2.05, 4.69) is 29.0 Å². The predicted molar refractivity (Wildman–Crippen MR) is 174 cm³/mol. The van der Waals surface area contributed by atoms with E-state index in [1.165, 1.54) is 11.1 Å². The second kappa shape index (κ2) is 11.7. The molecule has 43 heavy (non-hydrogen) atoms. The molecule has 8 heteroatoms. The van der Waals surface area contributed by atoms with E-state index in [-0.39, 0.29) is 6.03 Å². The number of halogens is 1. The molecule has 2 amide bonds. The lowest BCUT2D eigenvalue weighted by molar-refractivity contribution is 0.215. The molecule has 1 fully saturated rings. The number of amides is 2. The van der Waals surface area contributed by atoms with Crippen LogP contribution in [-0.4, -0.2) is 68.0 Å². The third-order valence-corrected chi connectivity index (χ3v) is 8.77. The van der Waals surface area contributed by atoms with Gasteiger partial charge in [0.25, 0.3) is 0 Å². The van der Waals surface area contributed by atoms with Crippen LogP contribution in [0.1, 0.15) is 16.7 Å². The lowest BCUT2D eigenvalue weighted by Gasteiger charge is -2.34. The molecule has 4 heterocycles. The number of hydrogen-bond acceptors (Lipinski definition) is 5. The summed E-state index contributed by atoms with van der Waals surface area (Å²) in [6.45, 7) is 5.52. The van der Waals surface area contributed by atoms with Crippen LogP contribution in [0.3, 0.4) is 0 Å². The summed E-state index contributed by atoms with van der Waals surface area (Å²) in [5.74, 6) is 2.53. The van der Waals surface area contributed by atoms with Crippen molar-refractivity contribution in [3.05, 3.63) is 113 Å². The van der Waals surface area contributed by atoms with Crippen LogP contribution >= 0.6 is 11.6 Å². The Labute approximate surface area is 257 Å². The topological polar surface area (TPSA) is 51.6 Å². The number of piperazine rings is 1. The smallest absolute Gasteiger partial charge is 0.328 e. The van der Waals surface area contributed by atoms with Gasteiger partial charge in [-0.1, -0.05) is 60.1 Å². The van der Waals surface area contributed by atoms with Gasteiger partial charge in [-0.25, -0.2) is 9.79 Å². The number of nitrogens with zero attached hydrogens (tertiary/aromatic N) is 5. The molecule has 8 rings (SSSR count). The van der Waals surface area contributed by atoms with Gasteiger partial charge in [0.15, 0.2) is 5.75 Å². The Morgan fingerprint density at radius 1 is 0.721 bits per heavy atom. The highest BCUT2D eigenvalue weighted by Crippen LogP contribution is 2.39. The van der Waals surface area contributed by atoms with Crippen molar-refractivity contribution >= 4 is 40.5 Å². The zero-order valence-electron chi connectivity index (χ0n) is 24.2. The van der Waals surface area contributed by atoms with Crippen molar-refractivity contribution in [3.8, 4) is 11.5 Å². The number of para-hydroxylation sites is 4. The van der Waals surface area contributed by atoms with Crippen LogP contribution in [0, 0.1) is 0 Å². The number of likely N-dealkylation sites (N-methyl/N-ethyl adjacent to an activating group) is 1. The number of anilines is 2. The SMILES string of the molecule is CN1CCN(C2=Nc3ccccc3Oc3ccc(Cl)cc32)CC1.O=C(N1CCc2ccccc21)N1CCc2ccccc21. The lowest BCUT2D eigenvalue weighted by Crippen LogP contribution is -2.47. The Bertz CT molecular complexity index is 1640. The monoisotopic (exact) mass is 591 g/mol. The van der Waals surface area contributed by atoms with Crippen molar-refractivity contribution in [1.29, 1.82) is 0 Å². The molecule has 0 radical (unpaired) electrons. The fourth-order valence-electron chi connectivity index (χ4n) is 6.17. The van der Waals surface area contributed by atoms with Gasteiger partial charge >= 0.3 is 6.03 Å². The molecule has 0 atom stereocenters. The van der Waals surface area contributed by atoms with E-state index in [0.29, 0.717) is 5.02 Å². The summed E-state index contributed by atoms with van der Waals surface area (Å²) in [5, 5.41) is 0.695. The van der Waals surface area contributed by atoms with Gasteiger partial charge in [0.2, 0.25) is 0 Å². The number of benzene rings is 4. The Kier molecular flexibility index (Phi) is 7.51. The van der Waals surface area contributed by atoms with Crippen LogP contribution in [0.2, 0.25) is 5.02 Å². The van der Waals surface area contributed by atoms with E-state index in [1.807, 2.05) is 88.7 Å². The van der Waals surface area contributed by atoms with Crippen LogP contribution in [-0.2, 0) is 12.8 Å². The number of urea groups is 1. The number of hydrogen-bond donors (Lipinski definition) is 0. The Morgan fingerprint density at radius 3 is 2.00 bits per heavy atom. The number of carbonyl (C=O) groups excluding carboxylic acids is 1. The van der Waals surface area contributed by atoms with Crippen LogP contribution in [0.4, 0.5) is 21.9 Å². The standard InChI is InChI=1S/C18H18ClN3O.C17H16N2O/c1-21-8-10-22(11-9-21)18-14-12-13(19)6-7-16(14)23-17-5-3-2-4-15(17)20-18;20-17(18-11-9-13-5-1-3-7-15(13)18)19-12-10-14-6-2-4-8-16(14)19/h2-7,12H,8-11H2,1H3;1-8H,9-12H2. The molecular weight excluding hydrogens is 558 g/mol. The van der Waals surface area contributed by atoms with E-state index in [4.69, 9.17) is 21.3 Å². The maximum absolute atomic E-state index is 12.8. The summed E-state index contributed by atoms with van der Waals surface area (Å²) in [6.07, 6.45) is 1.91. The van der Waals surface area contributed by atoms with Gasteiger partial charge in [0.1, 0.15) is 17.3 Å². The normalized spacial score (nSPS) is 17.0. The maximum atomic E-state index is 12.8. The molecule has 4 aromatic rings. The number of amidine groups is 1. The Balaban J connectivity index is 0.000000141. The lowest BCUT2D eigenvalue weighted by atomic mass is 10.1. The number of rotatable bonds is 0. The molecule has 1 saturated heterocycles. The average molecular weight is 592 g/mol. The second-order valence-corrected chi connectivity index (χ2v) is 11.7. The summed E-state index contributed by atoms with van der Waals surface area (Å²) in [7, 11) is 2.15. The van der Waals surface area contributed by atoms with Crippen molar-refractivity contribution < 1.29 is 9.53 Å². The molecule has 0 aromatic heterocycles. The first-order valence-corrected chi connectivity index (χ1v) is 15.3. The third-order valence-electron chi connectivity index (χ3n) is 8.53. The van der Waals surface area contributed by atoms with Gasteiger partial charge in [-0.3, -0.25) is 9.80 Å². The fourth-order valence-corrected chi connectivity index (χ4v) is 6.35. The van der Waals surface area contributed by atoms with Gasteiger partial charge in [0.05, 0.1) is 5.56 Å². The van der Waals surface area contributed by atoms with Gasteiger partial charge in [0, 0.05) is 55.7 Å². The summed E-state index contributed by atoms with van der Waals surface area (Å²) in [5.41, 5.74) is 6.50. The molecular formula is C35H34ClN5O2. The molecule has 0 saturated carbocycles. The number of fused-ring (bicyclic) bond motifs is 4. The predicted octanol–water partition coefficient (Wildman–Crippen LogP) is 7.00. The summed E-state index contributed by atoms with van der Waals surface area (Å²) in [6, 6.07) is 30.1. The third kappa shape index (κ3) is 5.46. The fraction of sp³-hybridized carbons (Fsp3) is 0.257. The van der Waals surface area contributed by atoms with Crippen molar-refractivity contribution in [2.24, 2.45) is 4.99 Å². The molecule has 0 aliphatic carbocycles. The minimum Gasteiger partial charge on any atom is -0.454 e. The van der Waals surface area contributed by atoms with Crippen molar-refractivity contribution in [2.75, 3.05) is 56.1 Å². The molecule has 0 spiro atoms. The van der Waals surface area contributed by atoms with E-state index >= 15 is 0 Å². The molecule has 0 N–H and O–H groups in total. The van der Waals surface area contributed by atoms with Crippen LogP contribution < -0.4 is 14.5 Å². The van der Waals surface area contributed by atoms with Crippen molar-refractivity contribution in [1.82, 2.24) is 9.80 Å². The zero-order chi connectivity index (χ0) is 29.3. The Morgan fingerprint density at radius 2 is 1.33 bits per heavy atom. The second-order valence-electron chi connectivity index (χ2n) is 11.3. The summed E-state index contributed by atoms with van der Waals surface area (Å²) in [4.78, 5) is 26.2. The van der Waals surface area contributed by atoms with E-state index < -0.39 is 0 Å². The minimum atomic E-state index is 0.111. The molecule has 218 valence electrons. The van der Waals surface area contributed by atoms with Crippen molar-refractivity contribution in [2.45, 2.75) is 12.8 Å². The number of carbonyl (C=O) groups is 1. The molecule has 4 aromatic carbocycles. The molecule has 7 nitrogen and oxygen atoms in total. The first-order valence-electron chi connectivity index (χ1n) is 14.9. The number of aliphatic imine (C=N–C) groups is 1. The summed E-state index contributed by atoms with van der Waals surface area (Å²) >= 11 is 6.23. The molecule has 4 aliphatic rings. The quantitative estimate of drug-likeness (QED) is 0.221. The molecule has 4 aliphatic heterocycles. The Hall–Kier alpha value is -4.33. The van der Waals surface area contributed by atoms with Crippen LogP contribution in [0.25, 0.3) is 0 Å². The van der Waals surface area contributed by atoms with Gasteiger partial charge in [-0.05, 0) is 73.5 Å². The number of ether oxygens (including phenoxy) is 1. The highest BCUT2D eigenvalue weighted by molar-refractivity contribution is 6.31. The van der Waals surface area contributed by atoms with Crippen molar-refractivity contribution in [3.63, 3.8) is 0 Å². The van der Waals surface area contributed by atoms with Crippen LogP contribution in [0.5, 0.6) is 11.5 Å². The van der Waals surface area contributed by atoms with Crippen LogP contribution in [0.15, 0.2) is 96.0 Å². The minimum absolute atomic E-state index is 0.111. The first-order chi connectivity index (χ1) is 21.0. The highest BCUT2D eigenvalue weighted by Gasteiger charge is 2.32. The molecule has 0 unspecified atom stereocenters. The first kappa shape index (κ1) is 27.5. The van der Waals surface area contributed by atoms with Gasteiger partial charge in [-0.15, -0.1) is 0 Å². The van der Waals surface area contributed by atoms with Gasteiger partial charge < -0.3 is 14.5 Å². The zero-order valence-corrected chi connectivity index (χ0v) is 25.0. The molecule has 0 bridgehead atoms.